The third-order valence-corrected chi connectivity index (χ3v) is 1.94. The number of carbonyl (C=O) groups excluding carboxylic acids is 1. The SMILES string of the molecule is CC(C)Cc1ccc(F)c(C(N)=O)c1. The third kappa shape index (κ3) is 2.55. The predicted molar refractivity (Wildman–Crippen MR) is 53.5 cm³/mol. The number of hydrogen-bond acceptors (Lipinski definition) is 1. The minimum Gasteiger partial charge on any atom is -0.366 e. The lowest BCUT2D eigenvalue weighted by atomic mass is 10.0. The van der Waals surface area contributed by atoms with E-state index < -0.39 is 11.7 Å². The van der Waals surface area contributed by atoms with Crippen LogP contribution < -0.4 is 5.73 Å². The molecule has 0 aliphatic rings. The van der Waals surface area contributed by atoms with Crippen LogP contribution in [0.3, 0.4) is 0 Å². The summed E-state index contributed by atoms with van der Waals surface area (Å²) in [4.78, 5) is 10.8. The van der Waals surface area contributed by atoms with Crippen molar-refractivity contribution >= 4 is 5.91 Å². The summed E-state index contributed by atoms with van der Waals surface area (Å²) in [7, 11) is 0. The van der Waals surface area contributed by atoms with Crippen molar-refractivity contribution < 1.29 is 9.18 Å². The van der Waals surface area contributed by atoms with E-state index in [1.165, 1.54) is 12.1 Å². The van der Waals surface area contributed by atoms with Gasteiger partial charge in [-0.3, -0.25) is 4.79 Å². The van der Waals surface area contributed by atoms with Crippen LogP contribution in [-0.4, -0.2) is 5.91 Å². The highest BCUT2D eigenvalue weighted by molar-refractivity contribution is 5.93. The molecule has 0 unspecified atom stereocenters. The summed E-state index contributed by atoms with van der Waals surface area (Å²) in [5.41, 5.74) is 5.95. The molecule has 0 aromatic heterocycles. The average Bonchev–Trinajstić information content (AvgIpc) is 2.07. The van der Waals surface area contributed by atoms with Gasteiger partial charge in [0, 0.05) is 0 Å². The molecule has 0 aliphatic heterocycles. The van der Waals surface area contributed by atoms with Crippen molar-refractivity contribution in [3.8, 4) is 0 Å². The van der Waals surface area contributed by atoms with Crippen LogP contribution in [0.1, 0.15) is 29.8 Å². The second kappa shape index (κ2) is 4.22. The second-order valence-electron chi connectivity index (χ2n) is 3.78. The van der Waals surface area contributed by atoms with Crippen LogP contribution in [0.2, 0.25) is 0 Å². The van der Waals surface area contributed by atoms with Crippen molar-refractivity contribution in [2.75, 3.05) is 0 Å². The number of nitrogens with two attached hydrogens (primary N) is 1. The Morgan fingerprint density at radius 2 is 2.14 bits per heavy atom. The van der Waals surface area contributed by atoms with Gasteiger partial charge >= 0.3 is 0 Å². The van der Waals surface area contributed by atoms with E-state index in [9.17, 15) is 9.18 Å². The van der Waals surface area contributed by atoms with Crippen molar-refractivity contribution in [1.29, 1.82) is 0 Å². The van der Waals surface area contributed by atoms with Gasteiger partial charge in [0.2, 0.25) is 0 Å². The van der Waals surface area contributed by atoms with E-state index in [-0.39, 0.29) is 5.56 Å². The largest absolute Gasteiger partial charge is 0.366 e. The Kier molecular flexibility index (Phi) is 3.23. The Bertz CT molecular complexity index is 347. The maximum atomic E-state index is 13.1. The van der Waals surface area contributed by atoms with Crippen LogP contribution in [0.4, 0.5) is 4.39 Å². The number of amides is 1. The van der Waals surface area contributed by atoms with Crippen molar-refractivity contribution in [2.24, 2.45) is 11.7 Å². The number of hydrogen-bond donors (Lipinski definition) is 1. The Labute approximate surface area is 82.9 Å². The smallest absolute Gasteiger partial charge is 0.251 e. The summed E-state index contributed by atoms with van der Waals surface area (Å²) >= 11 is 0. The zero-order valence-corrected chi connectivity index (χ0v) is 8.38. The summed E-state index contributed by atoms with van der Waals surface area (Å²) in [6.07, 6.45) is 0.820. The molecule has 0 atom stereocenters. The van der Waals surface area contributed by atoms with Gasteiger partial charge in [-0.2, -0.15) is 0 Å². The van der Waals surface area contributed by atoms with Crippen LogP contribution in [0, 0.1) is 11.7 Å². The minimum absolute atomic E-state index is 0.0249. The highest BCUT2D eigenvalue weighted by Gasteiger charge is 2.09. The first kappa shape index (κ1) is 10.7. The molecule has 1 rings (SSSR count). The lowest BCUT2D eigenvalue weighted by Gasteiger charge is -2.06. The van der Waals surface area contributed by atoms with E-state index in [0.29, 0.717) is 5.92 Å². The first-order valence-electron chi connectivity index (χ1n) is 4.59. The monoisotopic (exact) mass is 195 g/mol. The fourth-order valence-corrected chi connectivity index (χ4v) is 1.36. The molecule has 0 bridgehead atoms. The van der Waals surface area contributed by atoms with Gasteiger partial charge in [-0.25, -0.2) is 4.39 Å². The van der Waals surface area contributed by atoms with E-state index in [4.69, 9.17) is 5.73 Å². The topological polar surface area (TPSA) is 43.1 Å². The number of primary amides is 1. The van der Waals surface area contributed by atoms with Crippen LogP contribution in [0.5, 0.6) is 0 Å². The van der Waals surface area contributed by atoms with Crippen molar-refractivity contribution in [2.45, 2.75) is 20.3 Å². The Hall–Kier alpha value is -1.38. The maximum absolute atomic E-state index is 13.1. The average molecular weight is 195 g/mol. The Morgan fingerprint density at radius 3 is 2.64 bits per heavy atom. The minimum atomic E-state index is -0.715. The molecule has 0 aliphatic carbocycles. The van der Waals surface area contributed by atoms with Gasteiger partial charge in [0.15, 0.2) is 0 Å². The Balaban J connectivity index is 3.00. The summed E-state index contributed by atoms with van der Waals surface area (Å²) in [6, 6.07) is 4.50. The van der Waals surface area contributed by atoms with E-state index in [1.54, 1.807) is 6.07 Å². The van der Waals surface area contributed by atoms with E-state index >= 15 is 0 Å². The molecule has 1 aromatic rings. The third-order valence-electron chi connectivity index (χ3n) is 1.94. The first-order chi connectivity index (χ1) is 6.50. The van der Waals surface area contributed by atoms with E-state index in [1.807, 2.05) is 0 Å². The molecule has 0 saturated carbocycles. The standard InChI is InChI=1S/C11H14FNO/c1-7(2)5-8-3-4-10(12)9(6-8)11(13)14/h3-4,6-7H,5H2,1-2H3,(H2,13,14). The molecule has 0 spiro atoms. The summed E-state index contributed by atoms with van der Waals surface area (Å²) < 4.78 is 13.1. The van der Waals surface area contributed by atoms with Crippen molar-refractivity contribution in [1.82, 2.24) is 0 Å². The highest BCUT2D eigenvalue weighted by Crippen LogP contribution is 2.13. The van der Waals surface area contributed by atoms with Crippen molar-refractivity contribution in [3.63, 3.8) is 0 Å². The van der Waals surface area contributed by atoms with Gasteiger partial charge in [0.05, 0.1) is 5.56 Å². The summed E-state index contributed by atoms with van der Waals surface area (Å²) in [5, 5.41) is 0. The predicted octanol–water partition coefficient (Wildman–Crippen LogP) is 2.12. The lowest BCUT2D eigenvalue weighted by Crippen LogP contribution is -2.13. The van der Waals surface area contributed by atoms with E-state index in [0.717, 1.165) is 12.0 Å². The molecule has 0 fully saturated rings. The van der Waals surface area contributed by atoms with Crippen LogP contribution in [0.15, 0.2) is 18.2 Å². The van der Waals surface area contributed by atoms with Gasteiger partial charge in [-0.15, -0.1) is 0 Å². The molecular weight excluding hydrogens is 181 g/mol. The molecule has 2 N–H and O–H groups in total. The number of carbonyl (C=O) groups is 1. The molecule has 1 aromatic carbocycles. The zero-order valence-electron chi connectivity index (χ0n) is 8.38. The normalized spacial score (nSPS) is 10.6. The number of rotatable bonds is 3. The van der Waals surface area contributed by atoms with Crippen LogP contribution in [-0.2, 0) is 6.42 Å². The molecule has 1 amide bonds. The molecule has 0 saturated heterocycles. The molecule has 3 heteroatoms. The molecular formula is C11H14FNO. The molecule has 2 nitrogen and oxygen atoms in total. The van der Waals surface area contributed by atoms with Gasteiger partial charge in [0.25, 0.3) is 5.91 Å². The van der Waals surface area contributed by atoms with Gasteiger partial charge < -0.3 is 5.73 Å². The molecule has 0 heterocycles. The number of benzene rings is 1. The highest BCUT2D eigenvalue weighted by atomic mass is 19.1. The number of halogens is 1. The van der Waals surface area contributed by atoms with Crippen molar-refractivity contribution in [3.05, 3.63) is 35.1 Å². The Morgan fingerprint density at radius 1 is 1.50 bits per heavy atom. The second-order valence-corrected chi connectivity index (χ2v) is 3.78. The summed E-state index contributed by atoms with van der Waals surface area (Å²) in [5.74, 6) is -0.792. The van der Waals surface area contributed by atoms with Gasteiger partial charge in [0.1, 0.15) is 5.82 Å². The molecule has 0 radical (unpaired) electrons. The van der Waals surface area contributed by atoms with Gasteiger partial charge in [-0.1, -0.05) is 19.9 Å². The molecule has 76 valence electrons. The quantitative estimate of drug-likeness (QED) is 0.788. The molecule has 14 heavy (non-hydrogen) atoms. The fourth-order valence-electron chi connectivity index (χ4n) is 1.36. The zero-order chi connectivity index (χ0) is 10.7. The summed E-state index contributed by atoms with van der Waals surface area (Å²) in [6.45, 7) is 4.13. The first-order valence-corrected chi connectivity index (χ1v) is 4.59. The lowest BCUT2D eigenvalue weighted by molar-refractivity contribution is 0.0996. The van der Waals surface area contributed by atoms with Crippen LogP contribution >= 0.6 is 0 Å². The maximum Gasteiger partial charge on any atom is 0.251 e. The van der Waals surface area contributed by atoms with Crippen LogP contribution in [0.25, 0.3) is 0 Å². The fraction of sp³-hybridized carbons (Fsp3) is 0.364. The van der Waals surface area contributed by atoms with E-state index in [2.05, 4.69) is 13.8 Å². The van der Waals surface area contributed by atoms with Gasteiger partial charge in [-0.05, 0) is 30.0 Å².